The van der Waals surface area contributed by atoms with Gasteiger partial charge in [0.05, 0.1) is 0 Å². The van der Waals surface area contributed by atoms with Gasteiger partial charge in [0.1, 0.15) is 0 Å². The average Bonchev–Trinajstić information content (AvgIpc) is 1.90. The summed E-state index contributed by atoms with van der Waals surface area (Å²) in [6, 6.07) is 8.06. The molecule has 0 aromatic heterocycles. The Morgan fingerprint density at radius 3 is 2.22 bits per heavy atom. The van der Waals surface area contributed by atoms with E-state index in [4.69, 9.17) is 0 Å². The van der Waals surface area contributed by atoms with Crippen LogP contribution in [0, 0.1) is 6.92 Å². The van der Waals surface area contributed by atoms with Gasteiger partial charge < -0.3 is 0 Å². The van der Waals surface area contributed by atoms with Gasteiger partial charge in [0.25, 0.3) is 0 Å². The topological polar surface area (TPSA) is 0 Å². The molecule has 0 aliphatic carbocycles. The Labute approximate surface area is 61.3 Å². The first kappa shape index (κ1) is 6.69. The van der Waals surface area contributed by atoms with Crippen molar-refractivity contribution in [2.75, 3.05) is 0 Å². The lowest BCUT2D eigenvalue weighted by Crippen LogP contribution is -1.76. The van der Waals surface area contributed by atoms with Crippen molar-refractivity contribution < 1.29 is 0 Å². The maximum atomic E-state index is 4.12. The summed E-state index contributed by atoms with van der Waals surface area (Å²) in [4.78, 5) is 0. The minimum atomic E-state index is 0.806. The zero-order valence-electron chi connectivity index (χ0n) is 5.17. The lowest BCUT2D eigenvalue weighted by atomic mass is 10.2. The first-order valence-corrected chi connectivity index (χ1v) is 3.48. The van der Waals surface area contributed by atoms with Crippen LogP contribution in [-0.2, 0) is 5.75 Å². The van der Waals surface area contributed by atoms with Gasteiger partial charge in [-0.25, -0.2) is 0 Å². The van der Waals surface area contributed by atoms with Crippen LogP contribution in [0.1, 0.15) is 11.1 Å². The van der Waals surface area contributed by atoms with Gasteiger partial charge in [-0.3, -0.25) is 0 Å². The standard InChI is InChI=1S/C8H9S/c1-7-2-4-8(6-9)5-3-7/h2-5,9H,1,6H2. The Bertz CT molecular complexity index is 176. The molecule has 0 unspecified atom stereocenters. The summed E-state index contributed by atoms with van der Waals surface area (Å²) in [6.07, 6.45) is 0. The fraction of sp³-hybridized carbons (Fsp3) is 0.125. The van der Waals surface area contributed by atoms with Crippen molar-refractivity contribution in [2.45, 2.75) is 5.75 Å². The highest BCUT2D eigenvalue weighted by Crippen LogP contribution is 2.04. The monoisotopic (exact) mass is 137 g/mol. The molecule has 0 amide bonds. The SMILES string of the molecule is [CH2]c1ccc(CS)cc1. The van der Waals surface area contributed by atoms with Crippen molar-refractivity contribution >= 4 is 12.6 Å². The van der Waals surface area contributed by atoms with Crippen molar-refractivity contribution in [3.63, 3.8) is 0 Å². The van der Waals surface area contributed by atoms with Gasteiger partial charge in [-0.1, -0.05) is 24.3 Å². The lowest BCUT2D eigenvalue weighted by molar-refractivity contribution is 1.41. The van der Waals surface area contributed by atoms with Crippen molar-refractivity contribution in [3.05, 3.63) is 42.3 Å². The highest BCUT2D eigenvalue weighted by atomic mass is 32.1. The third-order valence-electron chi connectivity index (χ3n) is 1.21. The largest absolute Gasteiger partial charge is 0.175 e. The molecule has 1 rings (SSSR count). The van der Waals surface area contributed by atoms with E-state index in [-0.39, 0.29) is 0 Å². The fourth-order valence-electron chi connectivity index (χ4n) is 0.645. The first-order valence-electron chi connectivity index (χ1n) is 2.84. The molecule has 0 atom stereocenters. The summed E-state index contributed by atoms with van der Waals surface area (Å²) in [7, 11) is 0. The van der Waals surface area contributed by atoms with Gasteiger partial charge in [0.2, 0.25) is 0 Å². The number of hydrogen-bond donors (Lipinski definition) is 1. The summed E-state index contributed by atoms with van der Waals surface area (Å²) < 4.78 is 0. The normalized spacial score (nSPS) is 9.56. The summed E-state index contributed by atoms with van der Waals surface area (Å²) in [5.41, 5.74) is 2.30. The van der Waals surface area contributed by atoms with Crippen molar-refractivity contribution in [3.8, 4) is 0 Å². The zero-order chi connectivity index (χ0) is 6.69. The molecule has 0 saturated carbocycles. The van der Waals surface area contributed by atoms with Crippen molar-refractivity contribution in [1.82, 2.24) is 0 Å². The van der Waals surface area contributed by atoms with Crippen molar-refractivity contribution in [1.29, 1.82) is 0 Å². The number of hydrogen-bond acceptors (Lipinski definition) is 1. The molecule has 0 fully saturated rings. The predicted octanol–water partition coefficient (Wildman–Crippen LogP) is 2.30. The molecule has 1 radical (unpaired) electrons. The molecule has 0 aliphatic rings. The maximum absolute atomic E-state index is 4.12. The molecular formula is C8H9S. The van der Waals surface area contributed by atoms with Gasteiger partial charge in [-0.2, -0.15) is 12.6 Å². The van der Waals surface area contributed by atoms with E-state index in [1.54, 1.807) is 0 Å². The Hall–Kier alpha value is -0.430. The smallest absolute Gasteiger partial charge is 0.0154 e. The molecule has 1 heteroatoms. The van der Waals surface area contributed by atoms with Gasteiger partial charge in [0.15, 0.2) is 0 Å². The van der Waals surface area contributed by atoms with Crippen LogP contribution in [0.25, 0.3) is 0 Å². The van der Waals surface area contributed by atoms with Crippen LogP contribution in [0.4, 0.5) is 0 Å². The van der Waals surface area contributed by atoms with Crippen LogP contribution in [0.2, 0.25) is 0 Å². The van der Waals surface area contributed by atoms with Gasteiger partial charge in [-0.05, 0) is 18.1 Å². The summed E-state index contributed by atoms with van der Waals surface area (Å²) in [5.74, 6) is 0.806. The number of thiol groups is 1. The molecule has 0 spiro atoms. The summed E-state index contributed by atoms with van der Waals surface area (Å²) >= 11 is 4.12. The van der Waals surface area contributed by atoms with Crippen LogP contribution < -0.4 is 0 Å². The van der Waals surface area contributed by atoms with E-state index in [9.17, 15) is 0 Å². The minimum absolute atomic E-state index is 0.806. The van der Waals surface area contributed by atoms with Crippen LogP contribution in [0.5, 0.6) is 0 Å². The van der Waals surface area contributed by atoms with E-state index in [0.717, 1.165) is 11.3 Å². The quantitative estimate of drug-likeness (QED) is 0.564. The van der Waals surface area contributed by atoms with E-state index < -0.39 is 0 Å². The van der Waals surface area contributed by atoms with Gasteiger partial charge in [0, 0.05) is 5.75 Å². The second-order valence-corrected chi connectivity index (χ2v) is 2.29. The molecular weight excluding hydrogens is 128 g/mol. The summed E-state index contributed by atoms with van der Waals surface area (Å²) in [5, 5.41) is 0. The molecule has 0 saturated heterocycles. The Balaban J connectivity index is 2.88. The van der Waals surface area contributed by atoms with Gasteiger partial charge >= 0.3 is 0 Å². The molecule has 1 aromatic rings. The number of rotatable bonds is 1. The molecule has 0 bridgehead atoms. The number of benzene rings is 1. The highest BCUT2D eigenvalue weighted by molar-refractivity contribution is 7.79. The minimum Gasteiger partial charge on any atom is -0.175 e. The average molecular weight is 137 g/mol. The molecule has 0 heterocycles. The predicted molar refractivity (Wildman–Crippen MR) is 43.6 cm³/mol. The molecule has 0 N–H and O–H groups in total. The Kier molecular flexibility index (Phi) is 2.17. The van der Waals surface area contributed by atoms with E-state index in [1.165, 1.54) is 5.56 Å². The molecule has 0 nitrogen and oxygen atoms in total. The van der Waals surface area contributed by atoms with E-state index in [1.807, 2.05) is 24.3 Å². The second kappa shape index (κ2) is 2.92. The molecule has 1 aromatic carbocycles. The fourth-order valence-corrected chi connectivity index (χ4v) is 0.855. The van der Waals surface area contributed by atoms with Gasteiger partial charge in [-0.15, -0.1) is 0 Å². The highest BCUT2D eigenvalue weighted by Gasteiger charge is 1.85. The van der Waals surface area contributed by atoms with E-state index >= 15 is 0 Å². The Morgan fingerprint density at radius 1 is 1.22 bits per heavy atom. The van der Waals surface area contributed by atoms with E-state index in [2.05, 4.69) is 19.6 Å². The van der Waals surface area contributed by atoms with Crippen molar-refractivity contribution in [2.24, 2.45) is 0 Å². The van der Waals surface area contributed by atoms with Crippen LogP contribution >= 0.6 is 12.6 Å². The van der Waals surface area contributed by atoms with Crippen LogP contribution in [0.3, 0.4) is 0 Å². The summed E-state index contributed by atoms with van der Waals surface area (Å²) in [6.45, 7) is 3.77. The molecule has 9 heavy (non-hydrogen) atoms. The van der Waals surface area contributed by atoms with E-state index in [0.29, 0.717) is 0 Å². The zero-order valence-corrected chi connectivity index (χ0v) is 6.07. The second-order valence-electron chi connectivity index (χ2n) is 1.97. The first-order chi connectivity index (χ1) is 4.33. The Morgan fingerprint density at radius 2 is 1.78 bits per heavy atom. The van der Waals surface area contributed by atoms with Crippen LogP contribution in [0.15, 0.2) is 24.3 Å². The molecule has 0 aliphatic heterocycles. The lowest BCUT2D eigenvalue weighted by Gasteiger charge is -1.93. The maximum Gasteiger partial charge on any atom is 0.0154 e. The third-order valence-corrected chi connectivity index (χ3v) is 1.57. The third kappa shape index (κ3) is 1.75. The molecule has 47 valence electrons. The van der Waals surface area contributed by atoms with Crippen LogP contribution in [-0.4, -0.2) is 0 Å².